The number of hydrogen-bond donors (Lipinski definition) is 0. The first-order valence-electron chi connectivity index (χ1n) is 6.91. The minimum absolute atomic E-state index is 0.993. The van der Waals surface area contributed by atoms with Crippen LogP contribution in [0, 0.1) is 0 Å². The lowest BCUT2D eigenvalue weighted by Gasteiger charge is -2.18. The van der Waals surface area contributed by atoms with Crippen LogP contribution < -0.4 is 9.80 Å². The van der Waals surface area contributed by atoms with Crippen LogP contribution in [0.2, 0.25) is 0 Å². The van der Waals surface area contributed by atoms with Gasteiger partial charge >= 0.3 is 0 Å². The van der Waals surface area contributed by atoms with Crippen LogP contribution in [0.1, 0.15) is 0 Å². The molecule has 0 fully saturated rings. The minimum Gasteiger partial charge on any atom is -0.377 e. The third kappa shape index (κ3) is 2.59. The molecule has 3 nitrogen and oxygen atoms in total. The average molecular weight is 297 g/mol. The Morgan fingerprint density at radius 1 is 0.905 bits per heavy atom. The zero-order chi connectivity index (χ0) is 15.0. The highest BCUT2D eigenvalue weighted by molar-refractivity contribution is 7.22. The number of thiophene rings is 1. The fourth-order valence-electron chi connectivity index (χ4n) is 2.33. The van der Waals surface area contributed by atoms with Gasteiger partial charge in [0.1, 0.15) is 10.6 Å². The first-order chi connectivity index (χ1) is 10.1. The van der Waals surface area contributed by atoms with Crippen LogP contribution in [0.3, 0.4) is 0 Å². The second kappa shape index (κ2) is 5.37. The summed E-state index contributed by atoms with van der Waals surface area (Å²) < 4.78 is 0. The van der Waals surface area contributed by atoms with Crippen LogP contribution in [0.25, 0.3) is 20.7 Å². The van der Waals surface area contributed by atoms with Crippen LogP contribution in [0.15, 0.2) is 42.5 Å². The monoisotopic (exact) mass is 297 g/mol. The maximum Gasteiger partial charge on any atom is 0.131 e. The highest BCUT2D eigenvalue weighted by atomic mass is 32.1. The van der Waals surface area contributed by atoms with Gasteiger partial charge in [-0.25, -0.2) is 4.98 Å². The topological polar surface area (TPSA) is 19.4 Å². The fraction of sp³-hybridized carbons (Fsp3) is 0.235. The van der Waals surface area contributed by atoms with E-state index in [-0.39, 0.29) is 0 Å². The Hall–Kier alpha value is -2.07. The van der Waals surface area contributed by atoms with E-state index in [2.05, 4.69) is 55.4 Å². The lowest BCUT2D eigenvalue weighted by molar-refractivity contribution is 1.07. The van der Waals surface area contributed by atoms with Crippen molar-refractivity contribution in [2.45, 2.75) is 0 Å². The van der Waals surface area contributed by atoms with Crippen molar-refractivity contribution < 1.29 is 0 Å². The maximum atomic E-state index is 4.78. The van der Waals surface area contributed by atoms with E-state index >= 15 is 0 Å². The normalized spacial score (nSPS) is 10.9. The predicted octanol–water partition coefficient (Wildman–Crippen LogP) is 4.10. The second-order valence-corrected chi connectivity index (χ2v) is 6.51. The quantitative estimate of drug-likeness (QED) is 0.725. The molecule has 0 amide bonds. The molecule has 0 aliphatic heterocycles. The number of benzene rings is 1. The minimum atomic E-state index is 0.993. The molecule has 2 aromatic heterocycles. The van der Waals surface area contributed by atoms with Crippen LogP contribution in [0.5, 0.6) is 0 Å². The van der Waals surface area contributed by atoms with Crippen LogP contribution >= 0.6 is 11.3 Å². The number of rotatable bonds is 3. The van der Waals surface area contributed by atoms with E-state index in [1.54, 1.807) is 11.3 Å². The van der Waals surface area contributed by atoms with E-state index in [4.69, 9.17) is 4.98 Å². The van der Waals surface area contributed by atoms with Crippen LogP contribution in [-0.4, -0.2) is 33.2 Å². The number of anilines is 2. The number of aromatic nitrogens is 1. The zero-order valence-corrected chi connectivity index (χ0v) is 13.6. The number of fused-ring (bicyclic) bond motifs is 1. The Labute approximate surface area is 129 Å². The Balaban J connectivity index is 2.22. The summed E-state index contributed by atoms with van der Waals surface area (Å²) in [7, 11) is 8.21. The van der Waals surface area contributed by atoms with E-state index in [0.29, 0.717) is 0 Å². The van der Waals surface area contributed by atoms with Gasteiger partial charge in [-0.2, -0.15) is 0 Å². The van der Waals surface area contributed by atoms with E-state index in [1.165, 1.54) is 21.5 Å². The van der Waals surface area contributed by atoms with Crippen molar-refractivity contribution >= 4 is 33.1 Å². The summed E-state index contributed by atoms with van der Waals surface area (Å²) in [6, 6.07) is 14.9. The molecular weight excluding hydrogens is 278 g/mol. The highest BCUT2D eigenvalue weighted by Crippen LogP contribution is 2.38. The summed E-state index contributed by atoms with van der Waals surface area (Å²) in [5.41, 5.74) is 2.46. The fourth-order valence-corrected chi connectivity index (χ4v) is 3.38. The first-order valence-corrected chi connectivity index (χ1v) is 7.72. The summed E-state index contributed by atoms with van der Waals surface area (Å²) in [5, 5.41) is 1.22. The largest absolute Gasteiger partial charge is 0.377 e. The van der Waals surface area contributed by atoms with Crippen molar-refractivity contribution in [2.75, 3.05) is 38.0 Å². The SMILES string of the molecule is CN(C)c1cc(N(C)C)c2cc(-c3ccccc3)sc2n1. The molecule has 0 saturated heterocycles. The molecule has 21 heavy (non-hydrogen) atoms. The van der Waals surface area contributed by atoms with Crippen LogP contribution in [0.4, 0.5) is 11.5 Å². The van der Waals surface area contributed by atoms with Crippen LogP contribution in [-0.2, 0) is 0 Å². The molecule has 0 N–H and O–H groups in total. The average Bonchev–Trinajstić information content (AvgIpc) is 2.90. The maximum absolute atomic E-state index is 4.78. The van der Waals surface area contributed by atoms with Crippen molar-refractivity contribution in [1.82, 2.24) is 4.98 Å². The summed E-state index contributed by atoms with van der Waals surface area (Å²) >= 11 is 1.75. The zero-order valence-electron chi connectivity index (χ0n) is 12.8. The molecule has 0 saturated carbocycles. The standard InChI is InChI=1S/C17H19N3S/c1-19(2)14-11-16(20(3)4)18-17-13(14)10-15(21-17)12-8-6-5-7-9-12/h5-11H,1-4H3. The summed E-state index contributed by atoms with van der Waals surface area (Å²) in [6.07, 6.45) is 0. The van der Waals surface area contributed by atoms with Gasteiger partial charge in [0, 0.05) is 44.5 Å². The third-order valence-electron chi connectivity index (χ3n) is 3.47. The molecule has 0 unspecified atom stereocenters. The van der Waals surface area contributed by atoms with Gasteiger partial charge in [0.15, 0.2) is 0 Å². The van der Waals surface area contributed by atoms with Gasteiger partial charge in [-0.1, -0.05) is 30.3 Å². The molecule has 3 aromatic rings. The molecule has 0 bridgehead atoms. The Morgan fingerprint density at radius 2 is 1.62 bits per heavy atom. The van der Waals surface area contributed by atoms with Crippen molar-refractivity contribution in [3.05, 3.63) is 42.5 Å². The van der Waals surface area contributed by atoms with Gasteiger partial charge in [-0.05, 0) is 11.6 Å². The molecule has 0 aliphatic carbocycles. The van der Waals surface area contributed by atoms with Crippen molar-refractivity contribution in [1.29, 1.82) is 0 Å². The van der Waals surface area contributed by atoms with Crippen molar-refractivity contribution in [3.8, 4) is 10.4 Å². The second-order valence-electron chi connectivity index (χ2n) is 5.48. The summed E-state index contributed by atoms with van der Waals surface area (Å²) in [6.45, 7) is 0. The molecule has 0 radical (unpaired) electrons. The van der Waals surface area contributed by atoms with E-state index in [0.717, 1.165) is 10.6 Å². The van der Waals surface area contributed by atoms with Gasteiger partial charge in [0.25, 0.3) is 0 Å². The van der Waals surface area contributed by atoms with Gasteiger partial charge in [0.2, 0.25) is 0 Å². The Bertz CT molecular complexity index is 760. The third-order valence-corrected chi connectivity index (χ3v) is 4.55. The molecule has 2 heterocycles. The molecule has 4 heteroatoms. The van der Waals surface area contributed by atoms with E-state index in [1.807, 2.05) is 25.1 Å². The number of hydrogen-bond acceptors (Lipinski definition) is 4. The van der Waals surface area contributed by atoms with Gasteiger partial charge in [-0.15, -0.1) is 11.3 Å². The lowest BCUT2D eigenvalue weighted by Crippen LogP contribution is -2.14. The Morgan fingerprint density at radius 3 is 2.24 bits per heavy atom. The molecule has 1 aromatic carbocycles. The summed E-state index contributed by atoms with van der Waals surface area (Å²) in [5.74, 6) is 0.993. The molecule has 3 rings (SSSR count). The van der Waals surface area contributed by atoms with Crippen molar-refractivity contribution in [2.24, 2.45) is 0 Å². The smallest absolute Gasteiger partial charge is 0.131 e. The van der Waals surface area contributed by atoms with E-state index in [9.17, 15) is 0 Å². The molecule has 0 aliphatic rings. The molecule has 0 atom stereocenters. The van der Waals surface area contributed by atoms with Gasteiger partial charge < -0.3 is 9.80 Å². The molecule has 0 spiro atoms. The first kappa shape index (κ1) is 13.9. The van der Waals surface area contributed by atoms with Gasteiger partial charge in [0.05, 0.1) is 5.69 Å². The lowest BCUT2D eigenvalue weighted by atomic mass is 10.1. The summed E-state index contributed by atoms with van der Waals surface area (Å²) in [4.78, 5) is 11.3. The number of nitrogens with zero attached hydrogens (tertiary/aromatic N) is 3. The Kier molecular flexibility index (Phi) is 3.55. The molecule has 108 valence electrons. The van der Waals surface area contributed by atoms with Crippen molar-refractivity contribution in [3.63, 3.8) is 0 Å². The predicted molar refractivity (Wildman–Crippen MR) is 93.7 cm³/mol. The van der Waals surface area contributed by atoms with Gasteiger partial charge in [-0.3, -0.25) is 0 Å². The molecular formula is C17H19N3S. The highest BCUT2D eigenvalue weighted by Gasteiger charge is 2.13. The van der Waals surface area contributed by atoms with E-state index < -0.39 is 0 Å². The number of pyridine rings is 1.